The zero-order chi connectivity index (χ0) is 14.1. The van der Waals surface area contributed by atoms with E-state index in [-0.39, 0.29) is 23.7 Å². The average molecular weight is 276 g/mol. The van der Waals surface area contributed by atoms with Gasteiger partial charge >= 0.3 is 0 Å². The number of carbonyl (C=O) groups excluding carboxylic acids is 1. The molecule has 1 aromatic rings. The summed E-state index contributed by atoms with van der Waals surface area (Å²) in [7, 11) is 0. The normalized spacial score (nSPS) is 26.2. The van der Waals surface area contributed by atoms with Crippen LogP contribution < -0.4 is 10.6 Å². The van der Waals surface area contributed by atoms with E-state index < -0.39 is 0 Å². The fourth-order valence-electron chi connectivity index (χ4n) is 3.47. The Labute approximate surface area is 118 Å². The van der Waals surface area contributed by atoms with Crippen molar-refractivity contribution in [2.24, 2.45) is 11.7 Å². The fourth-order valence-corrected chi connectivity index (χ4v) is 3.47. The molecule has 1 fully saturated rings. The first kappa shape index (κ1) is 13.6. The Kier molecular flexibility index (Phi) is 3.74. The molecule has 1 saturated carbocycles. The third-order valence-electron chi connectivity index (χ3n) is 4.49. The summed E-state index contributed by atoms with van der Waals surface area (Å²) in [6, 6.07) is 4.89. The van der Waals surface area contributed by atoms with Crippen molar-refractivity contribution in [2.75, 3.05) is 11.4 Å². The number of aryl methyl sites for hydroxylation is 1. The summed E-state index contributed by atoms with van der Waals surface area (Å²) in [5.41, 5.74) is 7.83. The van der Waals surface area contributed by atoms with Gasteiger partial charge in [-0.05, 0) is 55.9 Å². The SMILES string of the molecule is NC1CCCC(C(=O)N2CCCc3cc(F)ccc32)C1. The molecule has 4 heteroatoms. The first-order valence-electron chi connectivity index (χ1n) is 7.50. The highest BCUT2D eigenvalue weighted by Crippen LogP contribution is 2.32. The van der Waals surface area contributed by atoms with Crippen molar-refractivity contribution < 1.29 is 9.18 Å². The van der Waals surface area contributed by atoms with Gasteiger partial charge in [0.25, 0.3) is 0 Å². The molecule has 1 amide bonds. The van der Waals surface area contributed by atoms with Gasteiger partial charge in [-0.2, -0.15) is 0 Å². The molecule has 108 valence electrons. The molecular formula is C16H21FN2O. The molecular weight excluding hydrogens is 255 g/mol. The molecule has 20 heavy (non-hydrogen) atoms. The molecule has 0 aromatic heterocycles. The maximum Gasteiger partial charge on any atom is 0.230 e. The standard InChI is InChI=1S/C16H21FN2O/c17-13-6-7-15-11(9-13)4-2-8-19(15)16(20)12-3-1-5-14(18)10-12/h6-7,9,12,14H,1-5,8,10,18H2. The lowest BCUT2D eigenvalue weighted by Crippen LogP contribution is -2.43. The Morgan fingerprint density at radius 2 is 2.15 bits per heavy atom. The molecule has 3 nitrogen and oxygen atoms in total. The van der Waals surface area contributed by atoms with E-state index in [4.69, 9.17) is 5.73 Å². The van der Waals surface area contributed by atoms with E-state index in [2.05, 4.69) is 0 Å². The number of nitrogens with zero attached hydrogens (tertiary/aromatic N) is 1. The first-order chi connectivity index (χ1) is 9.65. The molecule has 0 saturated heterocycles. The Balaban J connectivity index is 1.83. The maximum atomic E-state index is 13.3. The topological polar surface area (TPSA) is 46.3 Å². The lowest BCUT2D eigenvalue weighted by molar-refractivity contribution is -0.123. The van der Waals surface area contributed by atoms with Gasteiger partial charge < -0.3 is 10.6 Å². The molecule has 0 spiro atoms. The monoisotopic (exact) mass is 276 g/mol. The summed E-state index contributed by atoms with van der Waals surface area (Å²) in [6.45, 7) is 0.739. The van der Waals surface area contributed by atoms with Crippen LogP contribution in [0.1, 0.15) is 37.7 Å². The van der Waals surface area contributed by atoms with Crippen molar-refractivity contribution in [3.05, 3.63) is 29.6 Å². The first-order valence-corrected chi connectivity index (χ1v) is 7.50. The van der Waals surface area contributed by atoms with Crippen LogP contribution in [0.2, 0.25) is 0 Å². The van der Waals surface area contributed by atoms with Crippen LogP contribution in [0.3, 0.4) is 0 Å². The van der Waals surface area contributed by atoms with Gasteiger partial charge in [-0.1, -0.05) is 6.42 Å². The van der Waals surface area contributed by atoms with E-state index in [0.29, 0.717) is 0 Å². The third kappa shape index (κ3) is 2.57. The van der Waals surface area contributed by atoms with Crippen LogP contribution >= 0.6 is 0 Å². The molecule has 1 aliphatic heterocycles. The van der Waals surface area contributed by atoms with Crippen molar-refractivity contribution in [3.8, 4) is 0 Å². The Morgan fingerprint density at radius 3 is 2.95 bits per heavy atom. The van der Waals surface area contributed by atoms with E-state index in [9.17, 15) is 9.18 Å². The van der Waals surface area contributed by atoms with Gasteiger partial charge in [-0.25, -0.2) is 4.39 Å². The molecule has 2 aliphatic rings. The van der Waals surface area contributed by atoms with Gasteiger partial charge in [0, 0.05) is 24.2 Å². The Bertz CT molecular complexity index is 517. The second-order valence-corrected chi connectivity index (χ2v) is 5.99. The molecule has 2 N–H and O–H groups in total. The minimum Gasteiger partial charge on any atom is -0.328 e. The quantitative estimate of drug-likeness (QED) is 0.857. The molecule has 2 unspecified atom stereocenters. The minimum absolute atomic E-state index is 0.0368. The second kappa shape index (κ2) is 5.52. The highest BCUT2D eigenvalue weighted by Gasteiger charge is 2.31. The molecule has 0 bridgehead atoms. The van der Waals surface area contributed by atoms with Crippen LogP contribution in [0.4, 0.5) is 10.1 Å². The third-order valence-corrected chi connectivity index (χ3v) is 4.49. The van der Waals surface area contributed by atoms with Gasteiger partial charge in [0.1, 0.15) is 5.82 Å². The largest absolute Gasteiger partial charge is 0.328 e. The van der Waals surface area contributed by atoms with E-state index in [1.807, 2.05) is 4.90 Å². The van der Waals surface area contributed by atoms with Crippen molar-refractivity contribution >= 4 is 11.6 Å². The van der Waals surface area contributed by atoms with Crippen LogP contribution in [0.5, 0.6) is 0 Å². The van der Waals surface area contributed by atoms with Crippen LogP contribution in [0.25, 0.3) is 0 Å². The summed E-state index contributed by atoms with van der Waals surface area (Å²) in [4.78, 5) is 14.6. The van der Waals surface area contributed by atoms with Gasteiger partial charge in [0.05, 0.1) is 0 Å². The summed E-state index contributed by atoms with van der Waals surface area (Å²) in [5.74, 6) is -0.0137. The number of carbonyl (C=O) groups is 1. The lowest BCUT2D eigenvalue weighted by Gasteiger charge is -2.34. The molecule has 1 heterocycles. The van der Waals surface area contributed by atoms with Crippen molar-refractivity contribution in [1.82, 2.24) is 0 Å². The summed E-state index contributed by atoms with van der Waals surface area (Å²) in [5, 5.41) is 0. The van der Waals surface area contributed by atoms with Crippen molar-refractivity contribution in [2.45, 2.75) is 44.6 Å². The van der Waals surface area contributed by atoms with Gasteiger partial charge in [0.2, 0.25) is 5.91 Å². The lowest BCUT2D eigenvalue weighted by atomic mass is 9.84. The average Bonchev–Trinajstić information content (AvgIpc) is 2.45. The zero-order valence-corrected chi connectivity index (χ0v) is 11.6. The minimum atomic E-state index is -0.224. The molecule has 3 rings (SSSR count). The number of benzene rings is 1. The summed E-state index contributed by atoms with van der Waals surface area (Å²) in [6.07, 6.45) is 5.51. The molecule has 1 aromatic carbocycles. The number of hydrogen-bond donors (Lipinski definition) is 1. The fraction of sp³-hybridized carbons (Fsp3) is 0.562. The molecule has 1 aliphatic carbocycles. The van der Waals surface area contributed by atoms with Crippen LogP contribution in [0.15, 0.2) is 18.2 Å². The van der Waals surface area contributed by atoms with Gasteiger partial charge in [-0.3, -0.25) is 4.79 Å². The zero-order valence-electron chi connectivity index (χ0n) is 11.6. The number of nitrogens with two attached hydrogens (primary N) is 1. The predicted molar refractivity (Wildman–Crippen MR) is 77.0 cm³/mol. The van der Waals surface area contributed by atoms with Crippen molar-refractivity contribution in [1.29, 1.82) is 0 Å². The van der Waals surface area contributed by atoms with E-state index in [0.717, 1.165) is 56.3 Å². The highest BCUT2D eigenvalue weighted by atomic mass is 19.1. The van der Waals surface area contributed by atoms with Crippen molar-refractivity contribution in [3.63, 3.8) is 0 Å². The second-order valence-electron chi connectivity index (χ2n) is 5.99. The Morgan fingerprint density at radius 1 is 1.30 bits per heavy atom. The maximum absolute atomic E-state index is 13.3. The number of halogens is 1. The number of hydrogen-bond acceptors (Lipinski definition) is 2. The number of rotatable bonds is 1. The predicted octanol–water partition coefficient (Wildman–Crippen LogP) is 2.62. The molecule has 2 atom stereocenters. The summed E-state index contributed by atoms with van der Waals surface area (Å²) < 4.78 is 13.3. The number of amides is 1. The highest BCUT2D eigenvalue weighted by molar-refractivity contribution is 5.96. The number of anilines is 1. The van der Waals surface area contributed by atoms with E-state index >= 15 is 0 Å². The van der Waals surface area contributed by atoms with E-state index in [1.54, 1.807) is 12.1 Å². The Hall–Kier alpha value is -1.42. The van der Waals surface area contributed by atoms with Gasteiger partial charge in [0.15, 0.2) is 0 Å². The van der Waals surface area contributed by atoms with Crippen LogP contribution in [-0.2, 0) is 11.2 Å². The van der Waals surface area contributed by atoms with Gasteiger partial charge in [-0.15, -0.1) is 0 Å². The molecule has 0 radical (unpaired) electrons. The van der Waals surface area contributed by atoms with Crippen LogP contribution in [-0.4, -0.2) is 18.5 Å². The number of fused-ring (bicyclic) bond motifs is 1. The summed E-state index contributed by atoms with van der Waals surface area (Å²) >= 11 is 0. The van der Waals surface area contributed by atoms with Crippen LogP contribution in [0, 0.1) is 11.7 Å². The van der Waals surface area contributed by atoms with E-state index in [1.165, 1.54) is 6.07 Å². The smallest absolute Gasteiger partial charge is 0.230 e.